The van der Waals surface area contributed by atoms with Gasteiger partial charge in [0.05, 0.1) is 24.8 Å². The number of hydrogen-bond acceptors (Lipinski definition) is 5. The van der Waals surface area contributed by atoms with E-state index in [2.05, 4.69) is 0 Å². The van der Waals surface area contributed by atoms with Crippen LogP contribution in [0.25, 0.3) is 0 Å². The van der Waals surface area contributed by atoms with E-state index in [1.54, 1.807) is 25.1 Å². The summed E-state index contributed by atoms with van der Waals surface area (Å²) in [4.78, 5) is 11.6. The first kappa shape index (κ1) is 11.0. The van der Waals surface area contributed by atoms with Gasteiger partial charge in [0, 0.05) is 5.92 Å². The highest BCUT2D eigenvalue weighted by molar-refractivity contribution is 5.88. The lowest BCUT2D eigenvalue weighted by Gasteiger charge is -2.06. The lowest BCUT2D eigenvalue weighted by molar-refractivity contribution is -0.148. The molecular formula is C10H9N3O2. The molecule has 1 saturated carbocycles. The molecule has 0 radical (unpaired) electrons. The molecule has 0 saturated heterocycles. The first-order chi connectivity index (χ1) is 7.07. The average molecular weight is 203 g/mol. The molecule has 2 atom stereocenters. The molecule has 0 bridgehead atoms. The molecule has 0 unspecified atom stereocenters. The fourth-order valence-electron chi connectivity index (χ4n) is 1.87. The molecule has 0 N–H and O–H groups in total. The van der Waals surface area contributed by atoms with Crippen molar-refractivity contribution in [3.8, 4) is 18.2 Å². The fourth-order valence-corrected chi connectivity index (χ4v) is 1.87. The minimum Gasteiger partial charge on any atom is -0.465 e. The summed E-state index contributed by atoms with van der Waals surface area (Å²) in [5, 5.41) is 26.7. The lowest BCUT2D eigenvalue weighted by Crippen LogP contribution is -2.24. The van der Waals surface area contributed by atoms with E-state index in [0.717, 1.165) is 0 Å². The van der Waals surface area contributed by atoms with Crippen molar-refractivity contribution in [3.63, 3.8) is 0 Å². The van der Waals surface area contributed by atoms with E-state index in [4.69, 9.17) is 20.5 Å². The van der Waals surface area contributed by atoms with Gasteiger partial charge in [-0.25, -0.2) is 0 Å². The van der Waals surface area contributed by atoms with Crippen LogP contribution < -0.4 is 0 Å². The SMILES string of the molecule is CCOC(=O)[C@@]1(C#N)[C@H](C)C1(C#N)C#N. The number of nitrogens with zero attached hydrogens (tertiary/aromatic N) is 3. The van der Waals surface area contributed by atoms with Crippen molar-refractivity contribution < 1.29 is 9.53 Å². The van der Waals surface area contributed by atoms with E-state index in [9.17, 15) is 4.79 Å². The van der Waals surface area contributed by atoms with E-state index in [0.29, 0.717) is 0 Å². The molecule has 0 aliphatic heterocycles. The monoisotopic (exact) mass is 203 g/mol. The Morgan fingerprint density at radius 1 is 1.33 bits per heavy atom. The maximum atomic E-state index is 11.6. The van der Waals surface area contributed by atoms with Gasteiger partial charge in [-0.1, -0.05) is 6.92 Å². The van der Waals surface area contributed by atoms with E-state index in [1.807, 2.05) is 0 Å². The zero-order valence-corrected chi connectivity index (χ0v) is 8.44. The second-order valence-corrected chi connectivity index (χ2v) is 3.39. The molecule has 76 valence electrons. The Morgan fingerprint density at radius 2 is 1.87 bits per heavy atom. The minimum atomic E-state index is -1.60. The van der Waals surface area contributed by atoms with Gasteiger partial charge in [-0.15, -0.1) is 0 Å². The molecule has 1 aliphatic carbocycles. The molecule has 5 nitrogen and oxygen atoms in total. The second kappa shape index (κ2) is 3.26. The summed E-state index contributed by atoms with van der Waals surface area (Å²) >= 11 is 0. The molecule has 0 aromatic heterocycles. The quantitative estimate of drug-likeness (QED) is 0.616. The maximum Gasteiger partial charge on any atom is 0.329 e. The Hall–Kier alpha value is -2.06. The molecule has 0 aromatic rings. The predicted octanol–water partition coefficient (Wildman–Crippen LogP) is 0.743. The summed E-state index contributed by atoms with van der Waals surface area (Å²) in [5.41, 5.74) is -3.15. The molecule has 0 spiro atoms. The van der Waals surface area contributed by atoms with Crippen molar-refractivity contribution >= 4 is 5.97 Å². The summed E-state index contributed by atoms with van der Waals surface area (Å²) in [6.45, 7) is 3.27. The number of rotatable bonds is 2. The number of ether oxygens (including phenoxy) is 1. The van der Waals surface area contributed by atoms with Crippen LogP contribution in [0.4, 0.5) is 0 Å². The molecule has 0 heterocycles. The largest absolute Gasteiger partial charge is 0.465 e. The van der Waals surface area contributed by atoms with Crippen molar-refractivity contribution in [1.82, 2.24) is 0 Å². The van der Waals surface area contributed by atoms with Crippen LogP contribution >= 0.6 is 0 Å². The Kier molecular flexibility index (Phi) is 2.39. The van der Waals surface area contributed by atoms with Crippen LogP contribution in [-0.4, -0.2) is 12.6 Å². The van der Waals surface area contributed by atoms with E-state index in [-0.39, 0.29) is 6.61 Å². The van der Waals surface area contributed by atoms with Gasteiger partial charge >= 0.3 is 5.97 Å². The summed E-state index contributed by atoms with van der Waals surface area (Å²) < 4.78 is 4.73. The smallest absolute Gasteiger partial charge is 0.329 e. The van der Waals surface area contributed by atoms with Crippen LogP contribution in [0.3, 0.4) is 0 Å². The van der Waals surface area contributed by atoms with E-state index >= 15 is 0 Å². The Morgan fingerprint density at radius 3 is 2.13 bits per heavy atom. The van der Waals surface area contributed by atoms with Crippen molar-refractivity contribution in [3.05, 3.63) is 0 Å². The molecule has 0 amide bonds. The van der Waals surface area contributed by atoms with Crippen molar-refractivity contribution in [2.75, 3.05) is 6.61 Å². The third kappa shape index (κ3) is 0.966. The zero-order valence-electron chi connectivity index (χ0n) is 8.44. The topological polar surface area (TPSA) is 97.7 Å². The number of hydrogen-bond donors (Lipinski definition) is 0. The summed E-state index contributed by atoms with van der Waals surface area (Å²) in [6, 6.07) is 5.26. The number of esters is 1. The second-order valence-electron chi connectivity index (χ2n) is 3.39. The number of nitriles is 3. The normalized spacial score (nSPS) is 30.5. The highest BCUT2D eigenvalue weighted by Gasteiger charge is 2.83. The molecule has 0 aromatic carbocycles. The van der Waals surface area contributed by atoms with Gasteiger partial charge < -0.3 is 4.74 Å². The van der Waals surface area contributed by atoms with Crippen molar-refractivity contribution in [2.24, 2.45) is 16.7 Å². The van der Waals surface area contributed by atoms with Gasteiger partial charge in [-0.05, 0) is 6.92 Å². The molecule has 1 rings (SSSR count). The number of carbonyl (C=O) groups is 1. The minimum absolute atomic E-state index is 0.127. The first-order valence-electron chi connectivity index (χ1n) is 4.48. The van der Waals surface area contributed by atoms with Crippen LogP contribution in [0.15, 0.2) is 0 Å². The lowest BCUT2D eigenvalue weighted by atomic mass is 9.97. The predicted molar refractivity (Wildman–Crippen MR) is 47.5 cm³/mol. The summed E-state index contributed by atoms with van der Waals surface area (Å²) in [7, 11) is 0. The molecular weight excluding hydrogens is 194 g/mol. The summed E-state index contributed by atoms with van der Waals surface area (Å²) in [5.74, 6) is -1.38. The molecule has 1 aliphatic rings. The van der Waals surface area contributed by atoms with E-state index in [1.165, 1.54) is 6.92 Å². The van der Waals surface area contributed by atoms with Gasteiger partial charge in [0.2, 0.25) is 0 Å². The first-order valence-corrected chi connectivity index (χ1v) is 4.48. The highest BCUT2D eigenvalue weighted by atomic mass is 16.5. The van der Waals surface area contributed by atoms with Crippen LogP contribution in [-0.2, 0) is 9.53 Å². The third-order valence-corrected chi connectivity index (χ3v) is 2.96. The standard InChI is InChI=1S/C10H9N3O2/c1-3-15-8(14)10(6-13)7(2)9(10,4-11)5-12/h7H,3H2,1-2H3/t7-,10-/m1/s1. The van der Waals surface area contributed by atoms with Gasteiger partial charge in [0.25, 0.3) is 0 Å². The fraction of sp³-hybridized carbons (Fsp3) is 0.600. The van der Waals surface area contributed by atoms with Gasteiger partial charge in [0.15, 0.2) is 10.8 Å². The van der Waals surface area contributed by atoms with Gasteiger partial charge in [-0.3, -0.25) is 4.79 Å². The number of carbonyl (C=O) groups excluding carboxylic acids is 1. The van der Waals surface area contributed by atoms with Gasteiger partial charge in [0.1, 0.15) is 0 Å². The van der Waals surface area contributed by atoms with E-state index < -0.39 is 22.7 Å². The molecule has 1 fully saturated rings. The maximum absolute atomic E-state index is 11.6. The van der Waals surface area contributed by atoms with Crippen LogP contribution in [0.1, 0.15) is 13.8 Å². The van der Waals surface area contributed by atoms with Crippen molar-refractivity contribution in [1.29, 1.82) is 15.8 Å². The molecule has 15 heavy (non-hydrogen) atoms. The Bertz CT molecular complexity index is 409. The average Bonchev–Trinajstić information content (AvgIpc) is 2.79. The third-order valence-electron chi connectivity index (χ3n) is 2.96. The summed E-state index contributed by atoms with van der Waals surface area (Å²) in [6.07, 6.45) is 0. The Labute approximate surface area is 87.5 Å². The Balaban J connectivity index is 3.16. The zero-order chi connectivity index (χ0) is 11.7. The van der Waals surface area contributed by atoms with Crippen LogP contribution in [0, 0.1) is 50.7 Å². The van der Waals surface area contributed by atoms with Crippen molar-refractivity contribution in [2.45, 2.75) is 13.8 Å². The van der Waals surface area contributed by atoms with Crippen LogP contribution in [0.5, 0.6) is 0 Å². The van der Waals surface area contributed by atoms with Crippen LogP contribution in [0.2, 0.25) is 0 Å². The highest BCUT2D eigenvalue weighted by Crippen LogP contribution is 2.68. The molecule has 5 heteroatoms. The van der Waals surface area contributed by atoms with Gasteiger partial charge in [-0.2, -0.15) is 15.8 Å².